The van der Waals surface area contributed by atoms with Gasteiger partial charge in [0.05, 0.1) is 11.1 Å². The van der Waals surface area contributed by atoms with Crippen molar-refractivity contribution in [1.29, 1.82) is 0 Å². The Morgan fingerprint density at radius 1 is 0.952 bits per heavy atom. The van der Waals surface area contributed by atoms with Crippen molar-refractivity contribution in [2.45, 2.75) is 24.0 Å². The molecule has 1 heterocycles. The molecule has 2 aromatic carbocycles. The number of benzene rings is 2. The third kappa shape index (κ3) is 2.53. The maximum atomic E-state index is 10.8. The van der Waals surface area contributed by atoms with Crippen LogP contribution in [0.15, 0.2) is 73.3 Å². The van der Waals surface area contributed by atoms with E-state index in [9.17, 15) is 5.11 Å². The third-order valence-corrected chi connectivity index (χ3v) is 4.47. The highest BCUT2D eigenvalue weighted by molar-refractivity contribution is 5.40. The van der Waals surface area contributed by atoms with Crippen LogP contribution >= 0.6 is 0 Å². The molecule has 21 heavy (non-hydrogen) atoms. The predicted octanol–water partition coefficient (Wildman–Crippen LogP) is 3.23. The second-order valence-electron chi connectivity index (χ2n) is 5.80. The molecule has 3 rings (SSSR count). The Morgan fingerprint density at radius 2 is 1.48 bits per heavy atom. The number of piperidine rings is 1. The first-order chi connectivity index (χ1) is 10.2. The zero-order chi connectivity index (χ0) is 14.8. The Morgan fingerprint density at radius 3 is 1.95 bits per heavy atom. The fourth-order valence-electron chi connectivity index (χ4n) is 3.30. The van der Waals surface area contributed by atoms with Crippen LogP contribution in [0, 0.1) is 0 Å². The van der Waals surface area contributed by atoms with E-state index < -0.39 is 5.60 Å². The molecule has 1 fully saturated rings. The summed E-state index contributed by atoms with van der Waals surface area (Å²) in [6.07, 6.45) is 2.98. The van der Waals surface area contributed by atoms with Gasteiger partial charge in [-0.3, -0.25) is 0 Å². The van der Waals surface area contributed by atoms with Crippen LogP contribution in [0.2, 0.25) is 0 Å². The van der Waals surface area contributed by atoms with Crippen molar-refractivity contribution in [3.63, 3.8) is 0 Å². The second-order valence-corrected chi connectivity index (χ2v) is 5.80. The number of hydrogen-bond acceptors (Lipinski definition) is 2. The van der Waals surface area contributed by atoms with Gasteiger partial charge in [-0.2, -0.15) is 0 Å². The number of rotatable bonds is 3. The van der Waals surface area contributed by atoms with E-state index in [2.05, 4.69) is 36.2 Å². The lowest BCUT2D eigenvalue weighted by Crippen LogP contribution is -2.55. The Labute approximate surface area is 126 Å². The van der Waals surface area contributed by atoms with E-state index in [0.717, 1.165) is 6.54 Å². The molecule has 108 valence electrons. The number of nitrogens with one attached hydrogen (secondary N) is 1. The Bertz CT molecular complexity index is 568. The van der Waals surface area contributed by atoms with Gasteiger partial charge in [0.15, 0.2) is 0 Å². The monoisotopic (exact) mass is 279 g/mol. The molecule has 1 atom stereocenters. The molecule has 2 nitrogen and oxygen atoms in total. The van der Waals surface area contributed by atoms with Crippen LogP contribution in [-0.4, -0.2) is 17.3 Å². The maximum Gasteiger partial charge on any atom is 0.0861 e. The first kappa shape index (κ1) is 14.1. The molecule has 0 amide bonds. The summed E-state index contributed by atoms with van der Waals surface area (Å²) in [5.74, 6) is 0. The van der Waals surface area contributed by atoms with Gasteiger partial charge < -0.3 is 10.4 Å². The fraction of sp³-hybridized carbons (Fsp3) is 0.263. The summed E-state index contributed by atoms with van der Waals surface area (Å²) < 4.78 is 0. The van der Waals surface area contributed by atoms with Crippen LogP contribution in [0.4, 0.5) is 0 Å². The van der Waals surface area contributed by atoms with Crippen molar-refractivity contribution in [3.05, 3.63) is 84.4 Å². The molecule has 1 aliphatic heterocycles. The van der Waals surface area contributed by atoms with Crippen LogP contribution in [-0.2, 0) is 5.54 Å². The van der Waals surface area contributed by atoms with Crippen LogP contribution in [0.25, 0.3) is 0 Å². The van der Waals surface area contributed by atoms with Gasteiger partial charge in [-0.15, -0.1) is 6.58 Å². The molecule has 0 aliphatic carbocycles. The van der Waals surface area contributed by atoms with E-state index in [1.54, 1.807) is 6.08 Å². The van der Waals surface area contributed by atoms with Crippen molar-refractivity contribution in [1.82, 2.24) is 5.32 Å². The zero-order valence-electron chi connectivity index (χ0n) is 12.1. The van der Waals surface area contributed by atoms with Crippen LogP contribution in [0.3, 0.4) is 0 Å². The lowest BCUT2D eigenvalue weighted by molar-refractivity contribution is 0.0216. The second kappa shape index (κ2) is 5.47. The van der Waals surface area contributed by atoms with Gasteiger partial charge in [0.25, 0.3) is 0 Å². The zero-order valence-corrected chi connectivity index (χ0v) is 12.1. The minimum absolute atomic E-state index is 0.371. The molecule has 0 spiro atoms. The molecule has 1 aliphatic rings. The van der Waals surface area contributed by atoms with Crippen molar-refractivity contribution in [2.24, 2.45) is 0 Å². The smallest absolute Gasteiger partial charge is 0.0861 e. The molecule has 2 N–H and O–H groups in total. The Hall–Kier alpha value is -1.90. The standard InChI is InChI=1S/C19H21NO/c1-2-18(21)13-14-20-19(15-18,16-9-5-3-6-10-16)17-11-7-4-8-12-17/h2-12,20-21H,1,13-15H2. The highest BCUT2D eigenvalue weighted by Gasteiger charge is 2.44. The van der Waals surface area contributed by atoms with E-state index in [1.165, 1.54) is 11.1 Å². The molecule has 1 unspecified atom stereocenters. The van der Waals surface area contributed by atoms with Gasteiger partial charge in [-0.1, -0.05) is 66.7 Å². The average molecular weight is 279 g/mol. The summed E-state index contributed by atoms with van der Waals surface area (Å²) in [4.78, 5) is 0. The Kier molecular flexibility index (Phi) is 3.66. The van der Waals surface area contributed by atoms with Crippen molar-refractivity contribution >= 4 is 0 Å². The number of aliphatic hydroxyl groups is 1. The van der Waals surface area contributed by atoms with E-state index in [1.807, 2.05) is 36.4 Å². The van der Waals surface area contributed by atoms with Crippen LogP contribution in [0.5, 0.6) is 0 Å². The molecule has 2 aromatic rings. The van der Waals surface area contributed by atoms with Crippen molar-refractivity contribution in [2.75, 3.05) is 6.54 Å². The van der Waals surface area contributed by atoms with Crippen LogP contribution in [0.1, 0.15) is 24.0 Å². The van der Waals surface area contributed by atoms with Gasteiger partial charge in [-0.05, 0) is 24.1 Å². The molecular weight excluding hydrogens is 258 g/mol. The molecular formula is C19H21NO. The lowest BCUT2D eigenvalue weighted by Gasteiger charge is -2.46. The quantitative estimate of drug-likeness (QED) is 0.845. The van der Waals surface area contributed by atoms with E-state index in [4.69, 9.17) is 0 Å². The fourth-order valence-corrected chi connectivity index (χ4v) is 3.30. The summed E-state index contributed by atoms with van der Waals surface area (Å²) in [5, 5.41) is 14.4. The van der Waals surface area contributed by atoms with Gasteiger partial charge >= 0.3 is 0 Å². The summed E-state index contributed by atoms with van der Waals surface area (Å²) >= 11 is 0. The average Bonchev–Trinajstić information content (AvgIpc) is 2.56. The molecule has 1 saturated heterocycles. The van der Waals surface area contributed by atoms with Crippen molar-refractivity contribution < 1.29 is 5.11 Å². The lowest BCUT2D eigenvalue weighted by atomic mass is 9.71. The van der Waals surface area contributed by atoms with Crippen molar-refractivity contribution in [3.8, 4) is 0 Å². The Balaban J connectivity index is 2.14. The van der Waals surface area contributed by atoms with Gasteiger partial charge in [0.2, 0.25) is 0 Å². The van der Waals surface area contributed by atoms with Gasteiger partial charge in [-0.25, -0.2) is 0 Å². The summed E-state index contributed by atoms with van der Waals surface area (Å²) in [6.45, 7) is 4.59. The third-order valence-electron chi connectivity index (χ3n) is 4.47. The molecule has 0 aromatic heterocycles. The SMILES string of the molecule is C=CC1(O)CCNC(c2ccccc2)(c2ccccc2)C1. The normalized spacial score (nSPS) is 24.4. The van der Waals surface area contributed by atoms with Gasteiger partial charge in [0.1, 0.15) is 0 Å². The first-order valence-electron chi connectivity index (χ1n) is 7.41. The first-order valence-corrected chi connectivity index (χ1v) is 7.41. The van der Waals surface area contributed by atoms with Crippen LogP contribution < -0.4 is 5.32 Å². The molecule has 0 bridgehead atoms. The highest BCUT2D eigenvalue weighted by Crippen LogP contribution is 2.41. The summed E-state index contributed by atoms with van der Waals surface area (Å²) in [5.41, 5.74) is 1.15. The minimum atomic E-state index is -0.836. The molecule has 2 heteroatoms. The highest BCUT2D eigenvalue weighted by atomic mass is 16.3. The maximum absolute atomic E-state index is 10.8. The molecule has 0 radical (unpaired) electrons. The predicted molar refractivity (Wildman–Crippen MR) is 86.0 cm³/mol. The van der Waals surface area contributed by atoms with Gasteiger partial charge in [0, 0.05) is 6.42 Å². The van der Waals surface area contributed by atoms with E-state index in [0.29, 0.717) is 12.8 Å². The van der Waals surface area contributed by atoms with E-state index >= 15 is 0 Å². The largest absolute Gasteiger partial charge is 0.386 e. The minimum Gasteiger partial charge on any atom is -0.386 e. The van der Waals surface area contributed by atoms with E-state index in [-0.39, 0.29) is 5.54 Å². The summed E-state index contributed by atoms with van der Waals surface area (Å²) in [7, 11) is 0. The number of hydrogen-bond donors (Lipinski definition) is 2. The topological polar surface area (TPSA) is 32.3 Å². The summed E-state index contributed by atoms with van der Waals surface area (Å²) in [6, 6.07) is 20.7. The molecule has 0 saturated carbocycles.